The highest BCUT2D eigenvalue weighted by atomic mass is 16.1. The van der Waals surface area contributed by atoms with Crippen LogP contribution < -0.4 is 26.6 Å². The van der Waals surface area contributed by atoms with E-state index in [1.165, 1.54) is 6.20 Å². The van der Waals surface area contributed by atoms with Gasteiger partial charge >= 0.3 is 0 Å². The molecule has 0 unspecified atom stereocenters. The Bertz CT molecular complexity index is 919. The van der Waals surface area contributed by atoms with Crippen molar-refractivity contribution in [2.24, 2.45) is 5.73 Å². The van der Waals surface area contributed by atoms with Crippen molar-refractivity contribution in [1.29, 1.82) is 0 Å². The van der Waals surface area contributed by atoms with Gasteiger partial charge in [-0.25, -0.2) is 10.3 Å². The molecule has 1 aromatic heterocycles. The Hall–Kier alpha value is -3.10. The summed E-state index contributed by atoms with van der Waals surface area (Å²) in [5, 5.41) is 10.4. The number of carbonyl (C=O) groups is 1. The van der Waals surface area contributed by atoms with Crippen molar-refractivity contribution in [2.45, 2.75) is 0 Å². The number of rotatable bonds is 6. The SMILES string of the molecule is CN1CCN(c2cccc(Nc3nc(NCCN)cc4c3C(=O)[N]C=C4)c2)CC1. The third kappa shape index (κ3) is 4.33. The molecule has 1 aromatic carbocycles. The Morgan fingerprint density at radius 3 is 2.79 bits per heavy atom. The van der Waals surface area contributed by atoms with Gasteiger partial charge in [0.25, 0.3) is 5.91 Å². The first-order valence-electron chi connectivity index (χ1n) is 9.85. The van der Waals surface area contributed by atoms with Crippen LogP contribution in [0.3, 0.4) is 0 Å². The number of carbonyl (C=O) groups excluding carboxylic acids is 1. The van der Waals surface area contributed by atoms with Crippen molar-refractivity contribution < 1.29 is 4.79 Å². The average molecular weight is 392 g/mol. The number of fused-ring (bicyclic) bond motifs is 1. The van der Waals surface area contributed by atoms with Crippen LogP contribution in [0.15, 0.2) is 36.5 Å². The molecule has 1 saturated heterocycles. The summed E-state index contributed by atoms with van der Waals surface area (Å²) in [7, 11) is 2.15. The van der Waals surface area contributed by atoms with Gasteiger partial charge in [0.05, 0.1) is 5.56 Å². The zero-order valence-corrected chi connectivity index (χ0v) is 16.6. The van der Waals surface area contributed by atoms with Crippen molar-refractivity contribution >= 4 is 35.0 Å². The van der Waals surface area contributed by atoms with Crippen molar-refractivity contribution in [3.05, 3.63) is 47.7 Å². The number of hydrogen-bond acceptors (Lipinski definition) is 7. The van der Waals surface area contributed by atoms with Gasteiger partial charge in [0.15, 0.2) is 0 Å². The molecule has 0 bridgehead atoms. The zero-order chi connectivity index (χ0) is 20.2. The van der Waals surface area contributed by atoms with Gasteiger partial charge in [0.1, 0.15) is 11.6 Å². The molecule has 1 radical (unpaired) electrons. The standard InChI is InChI=1S/C21H26N7O/c1-27-9-11-28(12-10-27)17-4-2-3-16(14-17)25-20-19-15(5-7-24-21(19)29)13-18(26-20)23-8-6-22/h2-5,7,13-14H,6,8-12,22H2,1H3,(H2,23,25,26). The van der Waals surface area contributed by atoms with Gasteiger partial charge in [-0.1, -0.05) is 6.07 Å². The highest BCUT2D eigenvalue weighted by Gasteiger charge is 2.22. The van der Waals surface area contributed by atoms with Gasteiger partial charge in [-0.3, -0.25) is 4.79 Å². The number of piperazine rings is 1. The average Bonchev–Trinajstić information content (AvgIpc) is 2.73. The Labute approximate surface area is 170 Å². The van der Waals surface area contributed by atoms with E-state index in [0.29, 0.717) is 30.3 Å². The number of hydrogen-bond donors (Lipinski definition) is 3. The molecule has 8 nitrogen and oxygen atoms in total. The second-order valence-electron chi connectivity index (χ2n) is 7.25. The molecule has 2 aromatic rings. The minimum absolute atomic E-state index is 0.293. The van der Waals surface area contributed by atoms with E-state index in [2.05, 4.69) is 49.9 Å². The molecular formula is C21H26N7O. The van der Waals surface area contributed by atoms with Gasteiger partial charge in [-0.15, -0.1) is 0 Å². The fourth-order valence-corrected chi connectivity index (χ4v) is 3.53. The molecule has 29 heavy (non-hydrogen) atoms. The lowest BCUT2D eigenvalue weighted by molar-refractivity contribution is 0.0965. The number of nitrogens with two attached hydrogens (primary N) is 1. The molecule has 1 amide bonds. The summed E-state index contributed by atoms with van der Waals surface area (Å²) in [6, 6.07) is 10.1. The second kappa shape index (κ2) is 8.50. The van der Waals surface area contributed by atoms with Crippen LogP contribution in [0.1, 0.15) is 15.9 Å². The summed E-state index contributed by atoms with van der Waals surface area (Å²) >= 11 is 0. The number of nitrogens with zero attached hydrogens (tertiary/aromatic N) is 4. The number of pyridine rings is 1. The fourth-order valence-electron chi connectivity index (χ4n) is 3.53. The minimum atomic E-state index is -0.293. The Balaban J connectivity index is 1.62. The maximum absolute atomic E-state index is 12.4. The van der Waals surface area contributed by atoms with E-state index in [4.69, 9.17) is 5.73 Å². The van der Waals surface area contributed by atoms with Gasteiger partial charge in [0.2, 0.25) is 0 Å². The van der Waals surface area contributed by atoms with E-state index in [9.17, 15) is 4.79 Å². The maximum Gasteiger partial charge on any atom is 0.281 e. The van der Waals surface area contributed by atoms with E-state index in [1.54, 1.807) is 0 Å². The summed E-state index contributed by atoms with van der Waals surface area (Å²) in [5.74, 6) is 0.875. The second-order valence-corrected chi connectivity index (χ2v) is 7.25. The number of amides is 1. The summed E-state index contributed by atoms with van der Waals surface area (Å²) in [6.45, 7) is 5.18. The molecule has 0 saturated carbocycles. The monoisotopic (exact) mass is 392 g/mol. The third-order valence-corrected chi connectivity index (χ3v) is 5.14. The summed E-state index contributed by atoms with van der Waals surface area (Å²) in [5.41, 5.74) is 8.91. The van der Waals surface area contributed by atoms with Crippen LogP contribution in [-0.4, -0.2) is 62.1 Å². The molecular weight excluding hydrogens is 366 g/mol. The van der Waals surface area contributed by atoms with Gasteiger partial charge in [0, 0.05) is 56.8 Å². The molecule has 4 N–H and O–H groups in total. The molecule has 0 aliphatic carbocycles. The van der Waals surface area contributed by atoms with Crippen molar-refractivity contribution in [2.75, 3.05) is 61.8 Å². The molecule has 151 valence electrons. The van der Waals surface area contributed by atoms with Crippen molar-refractivity contribution in [1.82, 2.24) is 15.2 Å². The summed E-state index contributed by atoms with van der Waals surface area (Å²) in [6.07, 6.45) is 3.34. The van der Waals surface area contributed by atoms with E-state index < -0.39 is 0 Å². The molecule has 2 aliphatic rings. The van der Waals surface area contributed by atoms with Crippen LogP contribution in [0.5, 0.6) is 0 Å². The number of aromatic nitrogens is 1. The highest BCUT2D eigenvalue weighted by Crippen LogP contribution is 2.29. The summed E-state index contributed by atoms with van der Waals surface area (Å²) in [4.78, 5) is 21.7. The lowest BCUT2D eigenvalue weighted by Gasteiger charge is -2.34. The van der Waals surface area contributed by atoms with Crippen LogP contribution in [-0.2, 0) is 0 Å². The lowest BCUT2D eigenvalue weighted by atomic mass is 10.1. The number of benzene rings is 1. The molecule has 8 heteroatoms. The first kappa shape index (κ1) is 19.2. The van der Waals surface area contributed by atoms with Crippen LogP contribution >= 0.6 is 0 Å². The van der Waals surface area contributed by atoms with Crippen LogP contribution in [0.4, 0.5) is 23.0 Å². The topological polar surface area (TPSA) is 101 Å². The molecule has 2 aliphatic heterocycles. The van der Waals surface area contributed by atoms with Crippen molar-refractivity contribution in [3.8, 4) is 0 Å². The predicted octanol–water partition coefficient (Wildman–Crippen LogP) is 1.68. The Kier molecular flexibility index (Phi) is 5.64. The third-order valence-electron chi connectivity index (χ3n) is 5.14. The minimum Gasteiger partial charge on any atom is -0.369 e. The summed E-state index contributed by atoms with van der Waals surface area (Å²) < 4.78 is 0. The maximum atomic E-state index is 12.4. The normalized spacial score (nSPS) is 16.3. The van der Waals surface area contributed by atoms with E-state index in [-0.39, 0.29) is 5.91 Å². The van der Waals surface area contributed by atoms with Gasteiger partial charge < -0.3 is 26.2 Å². The molecule has 3 heterocycles. The number of likely N-dealkylation sites (N-methyl/N-ethyl adjacent to an activating group) is 1. The van der Waals surface area contributed by atoms with Crippen LogP contribution in [0.2, 0.25) is 0 Å². The van der Waals surface area contributed by atoms with Crippen LogP contribution in [0.25, 0.3) is 6.08 Å². The largest absolute Gasteiger partial charge is 0.369 e. The van der Waals surface area contributed by atoms with E-state index in [1.807, 2.05) is 24.3 Å². The molecule has 0 atom stereocenters. The van der Waals surface area contributed by atoms with Gasteiger partial charge in [-0.05, 0) is 43.0 Å². The van der Waals surface area contributed by atoms with Crippen LogP contribution in [0, 0.1) is 0 Å². The van der Waals surface area contributed by atoms with Gasteiger partial charge in [-0.2, -0.15) is 0 Å². The molecule has 0 spiro atoms. The van der Waals surface area contributed by atoms with E-state index in [0.717, 1.165) is 43.1 Å². The number of anilines is 4. The predicted molar refractivity (Wildman–Crippen MR) is 117 cm³/mol. The fraction of sp³-hybridized carbons (Fsp3) is 0.333. The quantitative estimate of drug-likeness (QED) is 0.688. The smallest absolute Gasteiger partial charge is 0.281 e. The lowest BCUT2D eigenvalue weighted by Crippen LogP contribution is -2.44. The first-order valence-corrected chi connectivity index (χ1v) is 9.85. The molecule has 1 fully saturated rings. The van der Waals surface area contributed by atoms with Crippen molar-refractivity contribution in [3.63, 3.8) is 0 Å². The highest BCUT2D eigenvalue weighted by molar-refractivity contribution is 6.05. The molecule has 4 rings (SSSR count). The Morgan fingerprint density at radius 1 is 1.17 bits per heavy atom. The Morgan fingerprint density at radius 2 is 2.00 bits per heavy atom. The number of nitrogens with one attached hydrogen (secondary N) is 2. The first-order chi connectivity index (χ1) is 14.1. The zero-order valence-electron chi connectivity index (χ0n) is 16.6. The van der Waals surface area contributed by atoms with E-state index >= 15 is 0 Å².